The number of carbonyl (C=O) groups is 5. The van der Waals surface area contributed by atoms with Crippen LogP contribution in [0.15, 0.2) is 34.7 Å². The van der Waals surface area contributed by atoms with Gasteiger partial charge in [-0.3, -0.25) is 19.6 Å². The fraction of sp³-hybridized carbons (Fsp3) is 0.423. The smallest absolute Gasteiger partial charge is 0.341 e. The summed E-state index contributed by atoms with van der Waals surface area (Å²) in [6, 6.07) is 6.60. The Balaban J connectivity index is 2.08. The number of carbonyl (C=O) groups excluding carboxylic acids is 3. The third-order valence-corrected chi connectivity index (χ3v) is 5.97. The van der Waals surface area contributed by atoms with Crippen molar-refractivity contribution < 1.29 is 48.5 Å². The molecule has 0 radical (unpaired) electrons. The molecule has 13 heteroatoms. The summed E-state index contributed by atoms with van der Waals surface area (Å²) >= 11 is 0. The van der Waals surface area contributed by atoms with E-state index in [1.165, 1.54) is 24.3 Å². The number of hydrogen-bond acceptors (Lipinski definition) is 8. The molecule has 2 atom stereocenters. The number of aliphatic carboxylic acids is 1. The molecular weight excluding hydrogens is 514 g/mol. The monoisotopic (exact) mass is 547 g/mol. The van der Waals surface area contributed by atoms with E-state index < -0.39 is 48.1 Å². The molecule has 0 fully saturated rings. The number of aromatic carboxylic acids is 1. The standard InChI is InChI=1S/C26H33N3O10/c1-3-5-6-7-19(18(4-2)24(33)29-37)23(32)27-14-28-25(34)21-9-8-20(39-21)15-10-16(26(35)36)12-17(11-15)38-13-22(30)31/h8-12,18-19,37H,3-7,13-14H2,1-2H3,(H,27,32)(H,28,34)(H,29,33)(H,30,31)(H,35,36)/t18-,19-/m1/s1. The van der Waals surface area contributed by atoms with E-state index in [0.29, 0.717) is 12.8 Å². The molecular formula is C26H33N3O10. The van der Waals surface area contributed by atoms with Gasteiger partial charge >= 0.3 is 11.9 Å². The molecule has 0 saturated carbocycles. The van der Waals surface area contributed by atoms with Crippen molar-refractivity contribution in [1.82, 2.24) is 16.1 Å². The van der Waals surface area contributed by atoms with Crippen molar-refractivity contribution in [2.45, 2.75) is 46.0 Å². The van der Waals surface area contributed by atoms with Gasteiger partial charge in [-0.05, 0) is 43.2 Å². The zero-order valence-electron chi connectivity index (χ0n) is 21.7. The minimum atomic E-state index is -1.27. The van der Waals surface area contributed by atoms with E-state index >= 15 is 0 Å². The van der Waals surface area contributed by atoms with E-state index in [-0.39, 0.29) is 35.1 Å². The van der Waals surface area contributed by atoms with Crippen molar-refractivity contribution in [1.29, 1.82) is 0 Å². The highest BCUT2D eigenvalue weighted by molar-refractivity contribution is 5.93. The maximum Gasteiger partial charge on any atom is 0.341 e. The molecule has 212 valence electrons. The lowest BCUT2D eigenvalue weighted by atomic mass is 9.84. The van der Waals surface area contributed by atoms with E-state index in [0.717, 1.165) is 25.3 Å². The molecule has 0 aliphatic heterocycles. The van der Waals surface area contributed by atoms with Crippen LogP contribution in [0, 0.1) is 11.8 Å². The summed E-state index contributed by atoms with van der Waals surface area (Å²) in [5, 5.41) is 32.3. The van der Waals surface area contributed by atoms with Crippen LogP contribution in [0.4, 0.5) is 0 Å². The van der Waals surface area contributed by atoms with Crippen LogP contribution < -0.4 is 20.9 Å². The number of hydroxylamine groups is 1. The van der Waals surface area contributed by atoms with Gasteiger partial charge in [0.2, 0.25) is 11.8 Å². The number of ether oxygens (including phenoxy) is 1. The molecule has 3 amide bonds. The Kier molecular flexibility index (Phi) is 12.0. The summed E-state index contributed by atoms with van der Waals surface area (Å²) in [4.78, 5) is 59.7. The van der Waals surface area contributed by atoms with Crippen LogP contribution in [0.25, 0.3) is 11.3 Å². The van der Waals surface area contributed by atoms with Gasteiger partial charge < -0.3 is 30.0 Å². The van der Waals surface area contributed by atoms with E-state index in [2.05, 4.69) is 10.6 Å². The molecule has 2 rings (SSSR count). The molecule has 2 aromatic rings. The maximum atomic E-state index is 12.8. The van der Waals surface area contributed by atoms with E-state index in [1.807, 2.05) is 6.92 Å². The Morgan fingerprint density at radius 2 is 1.69 bits per heavy atom. The lowest BCUT2D eigenvalue weighted by Gasteiger charge is -2.24. The second-order valence-corrected chi connectivity index (χ2v) is 8.71. The first-order valence-corrected chi connectivity index (χ1v) is 12.4. The molecule has 0 bridgehead atoms. The molecule has 0 spiro atoms. The van der Waals surface area contributed by atoms with Crippen molar-refractivity contribution in [3.05, 3.63) is 41.7 Å². The fourth-order valence-corrected chi connectivity index (χ4v) is 4.00. The van der Waals surface area contributed by atoms with Crippen molar-refractivity contribution in [3.8, 4) is 17.1 Å². The fourth-order valence-electron chi connectivity index (χ4n) is 4.00. The highest BCUT2D eigenvalue weighted by Crippen LogP contribution is 2.28. The van der Waals surface area contributed by atoms with Gasteiger partial charge in [0.25, 0.3) is 5.91 Å². The minimum absolute atomic E-state index is 0.00818. The zero-order valence-corrected chi connectivity index (χ0v) is 21.7. The third kappa shape index (κ3) is 9.14. The van der Waals surface area contributed by atoms with Crippen molar-refractivity contribution >= 4 is 29.7 Å². The molecule has 1 heterocycles. The summed E-state index contributed by atoms with van der Waals surface area (Å²) in [7, 11) is 0. The maximum absolute atomic E-state index is 12.8. The molecule has 13 nitrogen and oxygen atoms in total. The summed E-state index contributed by atoms with van der Waals surface area (Å²) in [6.07, 6.45) is 3.30. The highest BCUT2D eigenvalue weighted by atomic mass is 16.5. The van der Waals surface area contributed by atoms with E-state index in [9.17, 15) is 29.1 Å². The summed E-state index contributed by atoms with van der Waals surface area (Å²) in [6.45, 7) is 2.82. The van der Waals surface area contributed by atoms with Crippen molar-refractivity contribution in [2.24, 2.45) is 11.8 Å². The average molecular weight is 548 g/mol. The number of furan rings is 1. The number of carboxylic acids is 2. The van der Waals surface area contributed by atoms with Crippen LogP contribution in [-0.2, 0) is 14.4 Å². The number of carboxylic acid groups (broad SMARTS) is 2. The van der Waals surface area contributed by atoms with Gasteiger partial charge in [0.05, 0.1) is 18.2 Å². The molecule has 0 aliphatic carbocycles. The van der Waals surface area contributed by atoms with Crippen LogP contribution >= 0.6 is 0 Å². The normalized spacial score (nSPS) is 12.2. The van der Waals surface area contributed by atoms with E-state index in [1.54, 1.807) is 12.4 Å². The minimum Gasteiger partial charge on any atom is -0.482 e. The first-order chi connectivity index (χ1) is 18.6. The number of amides is 3. The molecule has 0 saturated heterocycles. The molecule has 39 heavy (non-hydrogen) atoms. The Morgan fingerprint density at radius 1 is 0.949 bits per heavy atom. The molecule has 1 aromatic heterocycles. The van der Waals surface area contributed by atoms with Crippen LogP contribution in [0.5, 0.6) is 5.75 Å². The third-order valence-electron chi connectivity index (χ3n) is 5.97. The predicted octanol–water partition coefficient (Wildman–Crippen LogP) is 2.64. The Bertz CT molecular complexity index is 1180. The molecule has 1 aromatic carbocycles. The first-order valence-electron chi connectivity index (χ1n) is 12.4. The van der Waals surface area contributed by atoms with E-state index in [4.69, 9.17) is 19.5 Å². The van der Waals surface area contributed by atoms with Crippen molar-refractivity contribution in [2.75, 3.05) is 13.3 Å². The van der Waals surface area contributed by atoms with Crippen LogP contribution in [0.3, 0.4) is 0 Å². The van der Waals surface area contributed by atoms with Gasteiger partial charge in [0.15, 0.2) is 12.4 Å². The first kappa shape index (κ1) is 30.8. The second kappa shape index (κ2) is 15.1. The average Bonchev–Trinajstić information content (AvgIpc) is 3.41. The SMILES string of the molecule is CCCCC[C@@H](C(=O)NCNC(=O)c1ccc(-c2cc(OCC(=O)O)cc(C(=O)O)c2)o1)[C@@H](CC)C(=O)NO. The van der Waals surface area contributed by atoms with Gasteiger partial charge in [-0.1, -0.05) is 33.1 Å². The van der Waals surface area contributed by atoms with Gasteiger partial charge in [-0.25, -0.2) is 15.1 Å². The number of nitrogens with one attached hydrogen (secondary N) is 3. The van der Waals surface area contributed by atoms with Crippen LogP contribution in [-0.4, -0.2) is 58.4 Å². The van der Waals surface area contributed by atoms with Gasteiger partial charge in [-0.2, -0.15) is 0 Å². The second-order valence-electron chi connectivity index (χ2n) is 8.71. The number of hydrogen-bond donors (Lipinski definition) is 6. The quantitative estimate of drug-likeness (QED) is 0.0784. The Labute approximate surface area is 224 Å². The Morgan fingerprint density at radius 3 is 2.31 bits per heavy atom. The summed E-state index contributed by atoms with van der Waals surface area (Å²) in [5.41, 5.74) is 1.68. The van der Waals surface area contributed by atoms with Crippen molar-refractivity contribution in [3.63, 3.8) is 0 Å². The predicted molar refractivity (Wildman–Crippen MR) is 136 cm³/mol. The largest absolute Gasteiger partial charge is 0.482 e. The zero-order chi connectivity index (χ0) is 28.9. The molecule has 0 unspecified atom stereocenters. The van der Waals surface area contributed by atoms with Crippen LogP contribution in [0.1, 0.15) is 66.9 Å². The number of unbranched alkanes of at least 4 members (excludes halogenated alkanes) is 2. The topological polar surface area (TPSA) is 204 Å². The van der Waals surface area contributed by atoms with Crippen LogP contribution in [0.2, 0.25) is 0 Å². The lowest BCUT2D eigenvalue weighted by Crippen LogP contribution is -2.44. The number of rotatable bonds is 16. The summed E-state index contributed by atoms with van der Waals surface area (Å²) in [5.74, 6) is -5.70. The van der Waals surface area contributed by atoms with Gasteiger partial charge in [-0.15, -0.1) is 0 Å². The number of benzene rings is 1. The molecule has 0 aliphatic rings. The highest BCUT2D eigenvalue weighted by Gasteiger charge is 2.32. The Hall–Kier alpha value is -4.39. The summed E-state index contributed by atoms with van der Waals surface area (Å²) < 4.78 is 10.6. The van der Waals surface area contributed by atoms with Gasteiger partial charge in [0, 0.05) is 11.5 Å². The lowest BCUT2D eigenvalue weighted by molar-refractivity contribution is -0.140. The van der Waals surface area contributed by atoms with Gasteiger partial charge in [0.1, 0.15) is 11.5 Å². The molecule has 6 N–H and O–H groups in total.